The maximum Gasteiger partial charge on any atom is 0.120 e. The van der Waals surface area contributed by atoms with Crippen LogP contribution in [0.25, 0.3) is 22.5 Å². The van der Waals surface area contributed by atoms with E-state index in [4.69, 9.17) is 0 Å². The maximum absolute atomic E-state index is 4.49. The van der Waals surface area contributed by atoms with Crippen LogP contribution < -0.4 is 10.6 Å². The van der Waals surface area contributed by atoms with Crippen LogP contribution in [0.4, 0.5) is 0 Å². The number of imidazole rings is 2. The highest BCUT2D eigenvalue weighted by molar-refractivity contribution is 5.62. The van der Waals surface area contributed by atoms with Gasteiger partial charge in [-0.25, -0.2) is 9.97 Å². The molecule has 2 aromatic carbocycles. The van der Waals surface area contributed by atoms with Crippen LogP contribution in [0.3, 0.4) is 0 Å². The monoisotopic (exact) mass is 480 g/mol. The topological polar surface area (TPSA) is 81.4 Å². The molecule has 186 valence electrons. The van der Waals surface area contributed by atoms with Gasteiger partial charge < -0.3 is 20.6 Å². The molecule has 0 radical (unpaired) electrons. The number of H-pyrrole nitrogens is 2. The molecular weight excluding hydrogens is 444 g/mol. The molecule has 0 saturated heterocycles. The summed E-state index contributed by atoms with van der Waals surface area (Å²) in [6, 6.07) is 17.5. The highest BCUT2D eigenvalue weighted by atomic mass is 15.0. The quantitative estimate of drug-likeness (QED) is 0.221. The molecular formula is C30H36N6. The third-order valence-corrected chi connectivity index (χ3v) is 6.46. The van der Waals surface area contributed by atoms with Gasteiger partial charge in [0.2, 0.25) is 0 Å². The zero-order valence-corrected chi connectivity index (χ0v) is 21.7. The van der Waals surface area contributed by atoms with Gasteiger partial charge in [-0.1, -0.05) is 50.0 Å². The van der Waals surface area contributed by atoms with Crippen molar-refractivity contribution >= 4 is 0 Å². The summed E-state index contributed by atoms with van der Waals surface area (Å²) in [6.07, 6.45) is 5.98. The summed E-state index contributed by atoms with van der Waals surface area (Å²) in [5, 5.41) is 6.92. The van der Waals surface area contributed by atoms with Crippen molar-refractivity contribution in [1.29, 1.82) is 0 Å². The van der Waals surface area contributed by atoms with Crippen molar-refractivity contribution in [2.45, 2.75) is 65.7 Å². The second-order valence-electron chi connectivity index (χ2n) is 9.27. The zero-order valence-electron chi connectivity index (χ0n) is 21.7. The molecule has 0 spiro atoms. The predicted molar refractivity (Wildman–Crippen MR) is 147 cm³/mol. The lowest BCUT2D eigenvalue weighted by molar-refractivity contribution is 0.525. The Morgan fingerprint density at radius 1 is 0.667 bits per heavy atom. The Kier molecular flexibility index (Phi) is 8.72. The molecule has 4 aromatic rings. The summed E-state index contributed by atoms with van der Waals surface area (Å²) in [5.74, 6) is 8.43. The molecule has 0 aliphatic rings. The Hall–Kier alpha value is -3.66. The molecule has 0 bridgehead atoms. The predicted octanol–water partition coefficient (Wildman–Crippen LogP) is 5.64. The minimum absolute atomic E-state index is 0.479. The lowest BCUT2D eigenvalue weighted by Crippen LogP contribution is -2.24. The van der Waals surface area contributed by atoms with Crippen molar-refractivity contribution in [3.8, 4) is 34.4 Å². The van der Waals surface area contributed by atoms with Crippen molar-refractivity contribution in [3.63, 3.8) is 0 Å². The van der Waals surface area contributed by atoms with E-state index in [1.54, 1.807) is 0 Å². The van der Waals surface area contributed by atoms with Gasteiger partial charge in [0.25, 0.3) is 0 Å². The van der Waals surface area contributed by atoms with Crippen LogP contribution in [0.5, 0.6) is 0 Å². The number of hydrogen-bond donors (Lipinski definition) is 4. The SMILES string of the molecule is CC[C@@H](C)NCc1ncc(-c2ccc(C#Cc3ccc(-c4cnc(CN[C@H](C)CC)[nH]4)cc3)cc2)[nH]1. The fourth-order valence-electron chi connectivity index (χ4n) is 3.64. The zero-order chi connectivity index (χ0) is 25.3. The van der Waals surface area contributed by atoms with Crippen molar-refractivity contribution in [3.05, 3.63) is 83.7 Å². The van der Waals surface area contributed by atoms with Gasteiger partial charge in [-0.15, -0.1) is 0 Å². The summed E-state index contributed by atoms with van der Waals surface area (Å²) >= 11 is 0. The van der Waals surface area contributed by atoms with Gasteiger partial charge >= 0.3 is 0 Å². The van der Waals surface area contributed by atoms with Crippen LogP contribution in [-0.2, 0) is 13.1 Å². The molecule has 2 atom stereocenters. The summed E-state index contributed by atoms with van der Waals surface area (Å²) in [7, 11) is 0. The number of nitrogens with zero attached hydrogens (tertiary/aromatic N) is 2. The minimum Gasteiger partial charge on any atom is -0.341 e. The van der Waals surface area contributed by atoms with E-state index in [0.717, 1.165) is 71.2 Å². The highest BCUT2D eigenvalue weighted by Crippen LogP contribution is 2.19. The normalized spacial score (nSPS) is 12.7. The van der Waals surface area contributed by atoms with E-state index >= 15 is 0 Å². The summed E-state index contributed by atoms with van der Waals surface area (Å²) < 4.78 is 0. The van der Waals surface area contributed by atoms with Crippen LogP contribution in [-0.4, -0.2) is 32.0 Å². The Balaban J connectivity index is 1.35. The number of hydrogen-bond acceptors (Lipinski definition) is 4. The maximum atomic E-state index is 4.49. The standard InChI is InChI=1S/C30H36N6/c1-5-21(3)31-19-29-33-17-27(35-29)25-13-9-23(10-14-25)7-8-24-11-15-26(16-12-24)28-18-34-30(36-28)20-32-22(4)6-2/h9-18,21-22,31-32H,5-6,19-20H2,1-4H3,(H,33,35)(H,34,36)/t21-,22-/m1/s1. The molecule has 0 aliphatic heterocycles. The molecule has 0 aliphatic carbocycles. The first-order valence-corrected chi connectivity index (χ1v) is 12.8. The molecule has 2 aromatic heterocycles. The molecule has 2 heterocycles. The van der Waals surface area contributed by atoms with Gasteiger partial charge in [0, 0.05) is 23.2 Å². The van der Waals surface area contributed by atoms with E-state index in [-0.39, 0.29) is 0 Å². The molecule has 4 rings (SSSR count). The Morgan fingerprint density at radius 2 is 1.06 bits per heavy atom. The fraction of sp³-hybridized carbons (Fsp3) is 0.333. The Labute approximate surface area is 214 Å². The number of benzene rings is 2. The first-order chi connectivity index (χ1) is 17.5. The van der Waals surface area contributed by atoms with Crippen molar-refractivity contribution in [1.82, 2.24) is 30.6 Å². The van der Waals surface area contributed by atoms with E-state index in [0.29, 0.717) is 12.1 Å². The molecule has 6 nitrogen and oxygen atoms in total. The average molecular weight is 481 g/mol. The van der Waals surface area contributed by atoms with E-state index in [2.05, 4.69) is 94.4 Å². The second kappa shape index (κ2) is 12.3. The van der Waals surface area contributed by atoms with Gasteiger partial charge in [0.15, 0.2) is 0 Å². The van der Waals surface area contributed by atoms with Crippen LogP contribution in [0.1, 0.15) is 63.3 Å². The number of aromatic amines is 2. The largest absolute Gasteiger partial charge is 0.341 e. The first kappa shape index (κ1) is 25.4. The number of nitrogens with one attached hydrogen (secondary N) is 4. The van der Waals surface area contributed by atoms with E-state index < -0.39 is 0 Å². The smallest absolute Gasteiger partial charge is 0.120 e. The van der Waals surface area contributed by atoms with Gasteiger partial charge in [0.05, 0.1) is 36.9 Å². The highest BCUT2D eigenvalue weighted by Gasteiger charge is 2.06. The van der Waals surface area contributed by atoms with Crippen LogP contribution in [0, 0.1) is 11.8 Å². The molecule has 36 heavy (non-hydrogen) atoms. The summed E-state index contributed by atoms with van der Waals surface area (Å²) in [4.78, 5) is 15.8. The third kappa shape index (κ3) is 6.94. The van der Waals surface area contributed by atoms with E-state index in [1.165, 1.54) is 0 Å². The van der Waals surface area contributed by atoms with Crippen molar-refractivity contribution < 1.29 is 0 Å². The summed E-state index contributed by atoms with van der Waals surface area (Å²) in [5.41, 5.74) is 6.20. The number of aromatic nitrogens is 4. The third-order valence-electron chi connectivity index (χ3n) is 6.46. The number of rotatable bonds is 10. The molecule has 4 N–H and O–H groups in total. The Morgan fingerprint density at radius 3 is 1.42 bits per heavy atom. The lowest BCUT2D eigenvalue weighted by Gasteiger charge is -2.08. The van der Waals surface area contributed by atoms with Crippen LogP contribution in [0.15, 0.2) is 60.9 Å². The van der Waals surface area contributed by atoms with E-state index in [9.17, 15) is 0 Å². The molecule has 6 heteroatoms. The van der Waals surface area contributed by atoms with Gasteiger partial charge in [-0.05, 0) is 62.1 Å². The lowest BCUT2D eigenvalue weighted by atomic mass is 10.1. The average Bonchev–Trinajstić information content (AvgIpc) is 3.60. The fourth-order valence-corrected chi connectivity index (χ4v) is 3.64. The van der Waals surface area contributed by atoms with Gasteiger partial charge in [-0.3, -0.25) is 0 Å². The second-order valence-corrected chi connectivity index (χ2v) is 9.27. The van der Waals surface area contributed by atoms with Crippen LogP contribution in [0.2, 0.25) is 0 Å². The minimum atomic E-state index is 0.479. The first-order valence-electron chi connectivity index (χ1n) is 12.8. The van der Waals surface area contributed by atoms with Crippen molar-refractivity contribution in [2.24, 2.45) is 0 Å². The van der Waals surface area contributed by atoms with Gasteiger partial charge in [-0.2, -0.15) is 0 Å². The molecule has 0 amide bonds. The van der Waals surface area contributed by atoms with Crippen LogP contribution >= 0.6 is 0 Å². The molecule has 0 fully saturated rings. The van der Waals surface area contributed by atoms with E-state index in [1.807, 2.05) is 36.7 Å². The van der Waals surface area contributed by atoms with Crippen molar-refractivity contribution in [2.75, 3.05) is 0 Å². The van der Waals surface area contributed by atoms with Gasteiger partial charge in [0.1, 0.15) is 11.6 Å². The molecule has 0 unspecified atom stereocenters. The molecule has 0 saturated carbocycles. The summed E-state index contributed by atoms with van der Waals surface area (Å²) in [6.45, 7) is 10.2. The Bertz CT molecular complexity index is 1190.